The second-order valence-corrected chi connectivity index (χ2v) is 11.9. The van der Waals surface area contributed by atoms with Crippen LogP contribution in [0.1, 0.15) is 0 Å². The van der Waals surface area contributed by atoms with Gasteiger partial charge in [-0.15, -0.1) is 22.7 Å². The monoisotopic (exact) mass is 547 g/mol. The molecule has 3 aromatic heterocycles. The van der Waals surface area contributed by atoms with Gasteiger partial charge in [-0.05, 0) is 46.8 Å². The number of rotatable bonds is 4. The third-order valence-electron chi connectivity index (χ3n) is 7.15. The topological polar surface area (TPSA) is 38.7 Å². The quantitative estimate of drug-likeness (QED) is 0.220. The van der Waals surface area contributed by atoms with E-state index in [0.29, 0.717) is 17.5 Å². The molecular formula is C35H21N3S2. The molecule has 0 atom stereocenters. The molecule has 0 aliphatic heterocycles. The van der Waals surface area contributed by atoms with E-state index in [1.807, 2.05) is 6.07 Å². The van der Waals surface area contributed by atoms with Gasteiger partial charge in [-0.3, -0.25) is 0 Å². The first kappa shape index (κ1) is 23.2. The minimum atomic E-state index is 0.673. The second kappa shape index (κ2) is 9.49. The molecule has 0 aliphatic carbocycles. The van der Waals surface area contributed by atoms with E-state index in [0.717, 1.165) is 21.6 Å². The molecule has 0 fully saturated rings. The van der Waals surface area contributed by atoms with Crippen molar-refractivity contribution in [2.75, 3.05) is 0 Å². The predicted octanol–water partition coefficient (Wildman–Crippen LogP) is 10.1. The van der Waals surface area contributed by atoms with Crippen molar-refractivity contribution in [1.29, 1.82) is 0 Å². The fraction of sp³-hybridized carbons (Fsp3) is 0. The van der Waals surface area contributed by atoms with Gasteiger partial charge < -0.3 is 0 Å². The number of thiophene rings is 2. The van der Waals surface area contributed by atoms with Crippen LogP contribution in [0.4, 0.5) is 0 Å². The number of aromatic nitrogens is 3. The van der Waals surface area contributed by atoms with E-state index in [-0.39, 0.29) is 0 Å². The SMILES string of the molecule is c1ccc(-c2cccc(-c3nc(-c4ccc5c(c4)sc4ccccc45)nc(-c4cc5ccccc5s4)n3)c2)cc1. The lowest BCUT2D eigenvalue weighted by Crippen LogP contribution is -1.99. The average molecular weight is 548 g/mol. The van der Waals surface area contributed by atoms with E-state index in [1.165, 1.54) is 35.8 Å². The number of hydrogen-bond acceptors (Lipinski definition) is 5. The highest BCUT2D eigenvalue weighted by Gasteiger charge is 2.16. The lowest BCUT2D eigenvalue weighted by molar-refractivity contribution is 1.08. The molecule has 3 nitrogen and oxygen atoms in total. The summed E-state index contributed by atoms with van der Waals surface area (Å²) in [6.45, 7) is 0. The molecule has 5 heteroatoms. The molecule has 5 aromatic carbocycles. The van der Waals surface area contributed by atoms with Crippen LogP contribution in [0.5, 0.6) is 0 Å². The van der Waals surface area contributed by atoms with Gasteiger partial charge in [0.2, 0.25) is 0 Å². The van der Waals surface area contributed by atoms with Crippen molar-refractivity contribution in [3.05, 3.63) is 127 Å². The molecular weight excluding hydrogens is 527 g/mol. The van der Waals surface area contributed by atoms with E-state index >= 15 is 0 Å². The first-order chi connectivity index (χ1) is 19.8. The van der Waals surface area contributed by atoms with E-state index < -0.39 is 0 Å². The Morgan fingerprint density at radius 2 is 1.02 bits per heavy atom. The highest BCUT2D eigenvalue weighted by atomic mass is 32.1. The summed E-state index contributed by atoms with van der Waals surface area (Å²) in [5.41, 5.74) is 4.26. The van der Waals surface area contributed by atoms with Gasteiger partial charge in [0.1, 0.15) is 0 Å². The molecule has 0 spiro atoms. The van der Waals surface area contributed by atoms with Crippen LogP contribution in [0.25, 0.3) is 74.9 Å². The van der Waals surface area contributed by atoms with Crippen molar-refractivity contribution < 1.29 is 0 Å². The van der Waals surface area contributed by atoms with Crippen molar-refractivity contribution in [2.24, 2.45) is 0 Å². The Hall–Kier alpha value is -4.71. The second-order valence-electron chi connectivity index (χ2n) is 9.71. The highest BCUT2D eigenvalue weighted by Crippen LogP contribution is 2.37. The summed E-state index contributed by atoms with van der Waals surface area (Å²) >= 11 is 3.52. The fourth-order valence-corrected chi connectivity index (χ4v) is 7.31. The van der Waals surface area contributed by atoms with Crippen molar-refractivity contribution >= 4 is 52.9 Å². The predicted molar refractivity (Wildman–Crippen MR) is 170 cm³/mol. The van der Waals surface area contributed by atoms with Crippen molar-refractivity contribution in [2.45, 2.75) is 0 Å². The smallest absolute Gasteiger partial charge is 0.174 e. The van der Waals surface area contributed by atoms with Crippen LogP contribution in [0, 0.1) is 0 Å². The summed E-state index contributed by atoms with van der Waals surface area (Å²) < 4.78 is 3.74. The van der Waals surface area contributed by atoms with Crippen LogP contribution in [0.15, 0.2) is 127 Å². The average Bonchev–Trinajstić information content (AvgIpc) is 3.63. The van der Waals surface area contributed by atoms with Crippen LogP contribution in [-0.4, -0.2) is 15.0 Å². The molecule has 188 valence electrons. The summed E-state index contributed by atoms with van der Waals surface area (Å²) in [5, 5.41) is 3.75. The Kier molecular flexibility index (Phi) is 5.50. The van der Waals surface area contributed by atoms with Gasteiger partial charge in [0.05, 0.1) is 4.88 Å². The molecule has 3 heterocycles. The Bertz CT molecular complexity index is 2140. The van der Waals surface area contributed by atoms with Crippen molar-refractivity contribution in [1.82, 2.24) is 15.0 Å². The van der Waals surface area contributed by atoms with Gasteiger partial charge >= 0.3 is 0 Å². The molecule has 0 amide bonds. The lowest BCUT2D eigenvalue weighted by Gasteiger charge is -2.09. The highest BCUT2D eigenvalue weighted by molar-refractivity contribution is 7.25. The summed E-state index contributed by atoms with van der Waals surface area (Å²) in [6.07, 6.45) is 0. The van der Waals surface area contributed by atoms with Crippen molar-refractivity contribution in [3.63, 3.8) is 0 Å². The zero-order chi connectivity index (χ0) is 26.5. The van der Waals surface area contributed by atoms with Crippen LogP contribution < -0.4 is 0 Å². The Labute approximate surface area is 239 Å². The lowest BCUT2D eigenvalue weighted by atomic mass is 10.0. The molecule has 8 aromatic rings. The van der Waals surface area contributed by atoms with Gasteiger partial charge in [-0.1, -0.05) is 97.1 Å². The Morgan fingerprint density at radius 3 is 1.88 bits per heavy atom. The Balaban J connectivity index is 1.32. The van der Waals surface area contributed by atoms with Gasteiger partial charge in [0.15, 0.2) is 17.5 Å². The summed E-state index contributed by atoms with van der Waals surface area (Å²) in [4.78, 5) is 16.1. The van der Waals surface area contributed by atoms with E-state index in [2.05, 4.69) is 121 Å². The zero-order valence-corrected chi connectivity index (χ0v) is 22.9. The van der Waals surface area contributed by atoms with Crippen molar-refractivity contribution in [3.8, 4) is 44.6 Å². The maximum absolute atomic E-state index is 5.04. The number of nitrogens with zero attached hydrogens (tertiary/aromatic N) is 3. The van der Waals surface area contributed by atoms with Crippen LogP contribution in [0.3, 0.4) is 0 Å². The standard InChI is InChI=1S/C35H21N3S2/c1-2-9-22(10-3-1)23-12-8-13-25(19-23)33-36-34(38-35(37-33)32-20-24-11-4-6-15-29(24)39-32)26-17-18-28-27-14-5-7-16-30(27)40-31(28)21-26/h1-21H. The maximum Gasteiger partial charge on any atom is 0.174 e. The molecule has 40 heavy (non-hydrogen) atoms. The molecule has 0 bridgehead atoms. The minimum absolute atomic E-state index is 0.673. The van der Waals surface area contributed by atoms with Gasteiger partial charge in [0, 0.05) is 36.0 Å². The largest absolute Gasteiger partial charge is 0.208 e. The number of benzene rings is 5. The summed E-state index contributed by atoms with van der Waals surface area (Å²) in [6, 6.07) is 44.6. The normalized spacial score (nSPS) is 11.5. The fourth-order valence-electron chi connectivity index (χ4n) is 5.17. The first-order valence-corrected chi connectivity index (χ1v) is 14.7. The van der Waals surface area contributed by atoms with Crippen LogP contribution >= 0.6 is 22.7 Å². The minimum Gasteiger partial charge on any atom is -0.208 e. The third-order valence-corrected chi connectivity index (χ3v) is 9.39. The van der Waals surface area contributed by atoms with E-state index in [9.17, 15) is 0 Å². The molecule has 0 unspecified atom stereocenters. The number of fused-ring (bicyclic) bond motifs is 4. The Morgan fingerprint density at radius 1 is 0.375 bits per heavy atom. The van der Waals surface area contributed by atoms with Gasteiger partial charge in [-0.2, -0.15) is 0 Å². The van der Waals surface area contributed by atoms with E-state index in [4.69, 9.17) is 15.0 Å². The third kappa shape index (κ3) is 4.08. The number of hydrogen-bond donors (Lipinski definition) is 0. The summed E-state index contributed by atoms with van der Waals surface area (Å²) in [5.74, 6) is 2.05. The molecule has 0 radical (unpaired) electrons. The van der Waals surface area contributed by atoms with Gasteiger partial charge in [-0.25, -0.2) is 15.0 Å². The molecule has 0 saturated carbocycles. The first-order valence-electron chi connectivity index (χ1n) is 13.1. The zero-order valence-electron chi connectivity index (χ0n) is 21.3. The molecule has 8 rings (SSSR count). The van der Waals surface area contributed by atoms with Crippen LogP contribution in [-0.2, 0) is 0 Å². The van der Waals surface area contributed by atoms with Gasteiger partial charge in [0.25, 0.3) is 0 Å². The van der Waals surface area contributed by atoms with Crippen LogP contribution in [0.2, 0.25) is 0 Å². The maximum atomic E-state index is 5.04. The van der Waals surface area contributed by atoms with E-state index in [1.54, 1.807) is 22.7 Å². The molecule has 0 N–H and O–H groups in total. The molecule has 0 aliphatic rings. The summed E-state index contributed by atoms with van der Waals surface area (Å²) in [7, 11) is 0. The molecule has 0 saturated heterocycles.